The Kier molecular flexibility index (Phi) is 11.4. The number of carbonyl (C=O) groups excluding carboxylic acids is 1. The Labute approximate surface area is 188 Å². The Morgan fingerprint density at radius 1 is 1.07 bits per heavy atom. The van der Waals surface area contributed by atoms with E-state index in [0.29, 0.717) is 19.0 Å². The van der Waals surface area contributed by atoms with Gasteiger partial charge in [0.2, 0.25) is 5.91 Å². The zero-order chi connectivity index (χ0) is 19.5. The van der Waals surface area contributed by atoms with Crippen molar-refractivity contribution in [1.82, 2.24) is 16.0 Å². The number of amides is 1. The first-order valence-corrected chi connectivity index (χ1v) is 9.07. The smallest absolute Gasteiger partial charge is 0.239 e. The highest BCUT2D eigenvalue weighted by molar-refractivity contribution is 14.0. The van der Waals surface area contributed by atoms with Gasteiger partial charge in [0.15, 0.2) is 5.96 Å². The molecule has 2 aromatic carbocycles. The van der Waals surface area contributed by atoms with Gasteiger partial charge in [-0.1, -0.05) is 41.9 Å². The second kappa shape index (κ2) is 13.2. The molecular formula is C20H26ClIN4O2. The monoisotopic (exact) mass is 516 g/mol. The Bertz CT molecular complexity index is 769. The van der Waals surface area contributed by atoms with Crippen molar-refractivity contribution in [2.75, 3.05) is 27.2 Å². The van der Waals surface area contributed by atoms with E-state index in [-0.39, 0.29) is 36.4 Å². The van der Waals surface area contributed by atoms with E-state index < -0.39 is 0 Å². The number of nitrogens with zero attached hydrogens (tertiary/aromatic N) is 1. The van der Waals surface area contributed by atoms with Gasteiger partial charge in [-0.25, -0.2) is 0 Å². The van der Waals surface area contributed by atoms with Crippen molar-refractivity contribution in [3.63, 3.8) is 0 Å². The first-order chi connectivity index (χ1) is 13.1. The third kappa shape index (κ3) is 8.35. The zero-order valence-corrected chi connectivity index (χ0v) is 19.1. The van der Waals surface area contributed by atoms with E-state index in [1.165, 1.54) is 0 Å². The number of guanidine groups is 1. The molecule has 152 valence electrons. The fourth-order valence-electron chi connectivity index (χ4n) is 2.41. The quantitative estimate of drug-likeness (QED) is 0.287. The number of benzene rings is 2. The Balaban J connectivity index is 0.00000392. The molecule has 0 aliphatic carbocycles. The van der Waals surface area contributed by atoms with Crippen LogP contribution in [-0.2, 0) is 17.8 Å². The van der Waals surface area contributed by atoms with Crippen LogP contribution in [-0.4, -0.2) is 39.1 Å². The summed E-state index contributed by atoms with van der Waals surface area (Å²) in [6.45, 7) is 1.27. The maximum absolute atomic E-state index is 12.0. The molecule has 0 saturated carbocycles. The van der Waals surface area contributed by atoms with Gasteiger partial charge in [0.05, 0.1) is 13.7 Å². The minimum absolute atomic E-state index is 0. The number of halogens is 2. The molecule has 0 aromatic heterocycles. The molecule has 8 heteroatoms. The summed E-state index contributed by atoms with van der Waals surface area (Å²) in [6.07, 6.45) is 0.768. The predicted octanol–water partition coefficient (Wildman–Crippen LogP) is 2.99. The van der Waals surface area contributed by atoms with Crippen molar-refractivity contribution in [3.8, 4) is 5.75 Å². The predicted molar refractivity (Wildman–Crippen MR) is 125 cm³/mol. The average Bonchev–Trinajstić information content (AvgIpc) is 2.70. The van der Waals surface area contributed by atoms with Gasteiger partial charge in [-0.3, -0.25) is 9.79 Å². The van der Waals surface area contributed by atoms with E-state index in [1.54, 1.807) is 14.2 Å². The van der Waals surface area contributed by atoms with E-state index in [4.69, 9.17) is 16.3 Å². The van der Waals surface area contributed by atoms with Crippen LogP contribution in [0.3, 0.4) is 0 Å². The van der Waals surface area contributed by atoms with E-state index in [2.05, 4.69) is 20.9 Å². The number of carbonyl (C=O) groups is 1. The molecule has 0 bridgehead atoms. The summed E-state index contributed by atoms with van der Waals surface area (Å²) in [5.41, 5.74) is 2.07. The maximum Gasteiger partial charge on any atom is 0.239 e. The van der Waals surface area contributed by atoms with Crippen LogP contribution in [0, 0.1) is 0 Å². The highest BCUT2D eigenvalue weighted by Gasteiger charge is 2.05. The summed E-state index contributed by atoms with van der Waals surface area (Å²) in [7, 11) is 3.29. The van der Waals surface area contributed by atoms with Crippen LogP contribution in [0.1, 0.15) is 11.1 Å². The van der Waals surface area contributed by atoms with E-state index in [9.17, 15) is 4.79 Å². The van der Waals surface area contributed by atoms with Crippen molar-refractivity contribution in [1.29, 1.82) is 0 Å². The molecule has 3 N–H and O–H groups in total. The first-order valence-electron chi connectivity index (χ1n) is 8.70. The van der Waals surface area contributed by atoms with Gasteiger partial charge in [0.1, 0.15) is 5.75 Å². The van der Waals surface area contributed by atoms with Gasteiger partial charge in [-0.05, 0) is 35.7 Å². The maximum atomic E-state index is 12.0. The van der Waals surface area contributed by atoms with Crippen LogP contribution < -0.4 is 20.7 Å². The lowest BCUT2D eigenvalue weighted by atomic mass is 10.1. The number of rotatable bonds is 8. The van der Waals surface area contributed by atoms with Crippen LogP contribution in [0.15, 0.2) is 53.5 Å². The van der Waals surface area contributed by atoms with E-state index in [0.717, 1.165) is 28.3 Å². The molecule has 0 unspecified atom stereocenters. The topological polar surface area (TPSA) is 74.8 Å². The third-order valence-electron chi connectivity index (χ3n) is 3.93. The first kappa shape index (κ1) is 24.0. The lowest BCUT2D eigenvalue weighted by molar-refractivity contribution is -0.120. The summed E-state index contributed by atoms with van der Waals surface area (Å²) >= 11 is 6.14. The minimum Gasteiger partial charge on any atom is -0.497 e. The Hall–Kier alpha value is -2.00. The highest BCUT2D eigenvalue weighted by Crippen LogP contribution is 2.14. The molecule has 6 nitrogen and oxygen atoms in total. The summed E-state index contributed by atoms with van der Waals surface area (Å²) in [5, 5.41) is 9.78. The third-order valence-corrected chi connectivity index (χ3v) is 4.30. The average molecular weight is 517 g/mol. The SMILES string of the molecule is CN=C(NCCc1ccccc1Cl)NCC(=O)NCc1ccc(OC)cc1.I. The number of ether oxygens (including phenoxy) is 1. The Morgan fingerprint density at radius 3 is 2.43 bits per heavy atom. The normalized spacial score (nSPS) is 10.6. The second-order valence-corrected chi connectivity index (χ2v) is 6.23. The fourth-order valence-corrected chi connectivity index (χ4v) is 2.64. The second-order valence-electron chi connectivity index (χ2n) is 5.82. The van der Waals surface area contributed by atoms with Crippen LogP contribution in [0.2, 0.25) is 5.02 Å². The number of hydrogen-bond acceptors (Lipinski definition) is 3. The van der Waals surface area contributed by atoms with E-state index in [1.807, 2.05) is 48.5 Å². The van der Waals surface area contributed by atoms with Gasteiger partial charge in [0, 0.05) is 25.2 Å². The molecule has 28 heavy (non-hydrogen) atoms. The van der Waals surface area contributed by atoms with Gasteiger partial charge in [0.25, 0.3) is 0 Å². The zero-order valence-electron chi connectivity index (χ0n) is 16.0. The van der Waals surface area contributed by atoms with Crippen molar-refractivity contribution in [2.24, 2.45) is 4.99 Å². The molecule has 0 heterocycles. The van der Waals surface area contributed by atoms with Gasteiger partial charge < -0.3 is 20.7 Å². The van der Waals surface area contributed by atoms with Gasteiger partial charge >= 0.3 is 0 Å². The molecule has 0 radical (unpaired) electrons. The molecular weight excluding hydrogens is 491 g/mol. The number of methoxy groups -OCH3 is 1. The lowest BCUT2D eigenvalue weighted by Crippen LogP contribution is -2.43. The van der Waals surface area contributed by atoms with Crippen LogP contribution in [0.25, 0.3) is 0 Å². The standard InChI is InChI=1S/C20H25ClN4O2.HI/c1-22-20(23-12-11-16-5-3-4-6-18(16)21)25-14-19(26)24-13-15-7-9-17(27-2)10-8-15;/h3-10H,11-14H2,1-2H3,(H,24,26)(H2,22,23,25);1H. The Morgan fingerprint density at radius 2 is 1.79 bits per heavy atom. The number of hydrogen-bond donors (Lipinski definition) is 3. The van der Waals surface area contributed by atoms with Crippen LogP contribution in [0.5, 0.6) is 5.75 Å². The van der Waals surface area contributed by atoms with Crippen LogP contribution >= 0.6 is 35.6 Å². The molecule has 0 fully saturated rings. The summed E-state index contributed by atoms with van der Waals surface area (Å²) in [5.74, 6) is 1.25. The molecule has 0 aliphatic heterocycles. The summed E-state index contributed by atoms with van der Waals surface area (Å²) in [4.78, 5) is 16.1. The van der Waals surface area contributed by atoms with Crippen molar-refractivity contribution in [2.45, 2.75) is 13.0 Å². The molecule has 1 amide bonds. The fraction of sp³-hybridized carbons (Fsp3) is 0.300. The molecule has 0 saturated heterocycles. The van der Waals surface area contributed by atoms with Crippen molar-refractivity contribution < 1.29 is 9.53 Å². The molecule has 0 aliphatic rings. The lowest BCUT2D eigenvalue weighted by Gasteiger charge is -2.12. The largest absolute Gasteiger partial charge is 0.497 e. The van der Waals surface area contributed by atoms with Gasteiger partial charge in [-0.2, -0.15) is 0 Å². The molecule has 2 rings (SSSR count). The minimum atomic E-state index is -0.111. The number of aliphatic imine (C=N–C) groups is 1. The number of nitrogens with one attached hydrogen (secondary N) is 3. The summed E-state index contributed by atoms with van der Waals surface area (Å²) in [6, 6.07) is 15.3. The van der Waals surface area contributed by atoms with Crippen molar-refractivity contribution in [3.05, 3.63) is 64.7 Å². The highest BCUT2D eigenvalue weighted by atomic mass is 127. The van der Waals surface area contributed by atoms with Crippen LogP contribution in [0.4, 0.5) is 0 Å². The molecule has 0 atom stereocenters. The summed E-state index contributed by atoms with van der Waals surface area (Å²) < 4.78 is 5.11. The molecule has 2 aromatic rings. The van der Waals surface area contributed by atoms with Gasteiger partial charge in [-0.15, -0.1) is 24.0 Å². The van der Waals surface area contributed by atoms with E-state index >= 15 is 0 Å². The van der Waals surface area contributed by atoms with Crippen molar-refractivity contribution >= 4 is 47.4 Å². The molecule has 0 spiro atoms.